The number of rotatable bonds is 6. The van der Waals surface area contributed by atoms with Crippen molar-refractivity contribution in [2.24, 2.45) is 5.92 Å². The van der Waals surface area contributed by atoms with E-state index in [0.717, 1.165) is 18.5 Å². The van der Waals surface area contributed by atoms with Gasteiger partial charge < -0.3 is 15.3 Å². The Balaban J connectivity index is 1.64. The molecule has 1 aromatic carbocycles. The lowest BCUT2D eigenvalue weighted by Crippen LogP contribution is -2.29. The van der Waals surface area contributed by atoms with Crippen LogP contribution in [0.25, 0.3) is 0 Å². The molecule has 1 amide bonds. The van der Waals surface area contributed by atoms with Gasteiger partial charge in [-0.05, 0) is 36.1 Å². The molecule has 2 atom stereocenters. The van der Waals surface area contributed by atoms with Crippen LogP contribution < -0.4 is 10.2 Å². The molecular formula is C20H25N3O2. The number of para-hydroxylation sites is 1. The number of aliphatic hydroxyl groups is 1. The molecule has 2 unspecified atom stereocenters. The van der Waals surface area contributed by atoms with Crippen molar-refractivity contribution in [2.45, 2.75) is 32.8 Å². The zero-order chi connectivity index (χ0) is 17.8. The molecule has 2 aromatic rings. The first-order chi connectivity index (χ1) is 12.1. The van der Waals surface area contributed by atoms with Crippen LogP contribution in [-0.2, 0) is 6.42 Å². The van der Waals surface area contributed by atoms with Gasteiger partial charge in [-0.2, -0.15) is 0 Å². The van der Waals surface area contributed by atoms with Crippen LogP contribution >= 0.6 is 0 Å². The lowest BCUT2D eigenvalue weighted by molar-refractivity contribution is 0.0989. The maximum atomic E-state index is 12.7. The average Bonchev–Trinajstić information content (AvgIpc) is 3.09. The summed E-state index contributed by atoms with van der Waals surface area (Å²) in [6.07, 6.45) is 3.01. The maximum absolute atomic E-state index is 12.7. The third kappa shape index (κ3) is 3.82. The summed E-state index contributed by atoms with van der Waals surface area (Å²) in [5, 5.41) is 13.1. The van der Waals surface area contributed by atoms with Crippen LogP contribution in [0.3, 0.4) is 0 Å². The van der Waals surface area contributed by atoms with Gasteiger partial charge in [0.05, 0.1) is 11.7 Å². The first-order valence-electron chi connectivity index (χ1n) is 8.88. The number of hydrogen-bond acceptors (Lipinski definition) is 4. The Morgan fingerprint density at radius 2 is 2.12 bits per heavy atom. The molecule has 132 valence electrons. The fourth-order valence-electron chi connectivity index (χ4n) is 3.01. The van der Waals surface area contributed by atoms with Crippen LogP contribution in [0.1, 0.15) is 36.2 Å². The number of fused-ring (bicyclic) bond motifs is 1. The van der Waals surface area contributed by atoms with Gasteiger partial charge in [0.25, 0.3) is 5.91 Å². The summed E-state index contributed by atoms with van der Waals surface area (Å²) in [5.41, 5.74) is 2.78. The lowest BCUT2D eigenvalue weighted by atomic mass is 10.0. The molecule has 0 saturated heterocycles. The van der Waals surface area contributed by atoms with Crippen LogP contribution in [0.4, 0.5) is 11.5 Å². The highest BCUT2D eigenvalue weighted by Gasteiger charge is 2.25. The van der Waals surface area contributed by atoms with E-state index in [4.69, 9.17) is 0 Å². The van der Waals surface area contributed by atoms with E-state index in [1.54, 1.807) is 18.3 Å². The number of anilines is 2. The summed E-state index contributed by atoms with van der Waals surface area (Å²) in [6, 6.07) is 11.6. The Morgan fingerprint density at radius 3 is 2.84 bits per heavy atom. The van der Waals surface area contributed by atoms with Gasteiger partial charge in [0.2, 0.25) is 0 Å². The van der Waals surface area contributed by atoms with E-state index in [1.165, 1.54) is 5.56 Å². The monoisotopic (exact) mass is 339 g/mol. The molecule has 0 spiro atoms. The molecule has 1 aliphatic heterocycles. The van der Waals surface area contributed by atoms with Crippen LogP contribution in [0, 0.1) is 5.92 Å². The van der Waals surface area contributed by atoms with E-state index in [2.05, 4.69) is 23.3 Å². The minimum Gasteiger partial charge on any atom is -0.391 e. The Morgan fingerprint density at radius 1 is 1.32 bits per heavy atom. The Kier molecular flexibility index (Phi) is 5.34. The van der Waals surface area contributed by atoms with Crippen molar-refractivity contribution in [1.29, 1.82) is 0 Å². The molecule has 0 aliphatic carbocycles. The topological polar surface area (TPSA) is 65.5 Å². The second kappa shape index (κ2) is 7.66. The average molecular weight is 339 g/mol. The maximum Gasteiger partial charge on any atom is 0.259 e. The minimum absolute atomic E-state index is 0.0244. The molecular weight excluding hydrogens is 314 g/mol. The highest BCUT2D eigenvalue weighted by atomic mass is 16.3. The van der Waals surface area contributed by atoms with Crippen LogP contribution in [0.2, 0.25) is 0 Å². The zero-order valence-corrected chi connectivity index (χ0v) is 14.8. The summed E-state index contributed by atoms with van der Waals surface area (Å²) in [7, 11) is 0. The van der Waals surface area contributed by atoms with Gasteiger partial charge in [0.1, 0.15) is 5.82 Å². The first kappa shape index (κ1) is 17.4. The fourth-order valence-corrected chi connectivity index (χ4v) is 3.01. The number of benzene rings is 1. The molecule has 2 heterocycles. The minimum atomic E-state index is -0.408. The van der Waals surface area contributed by atoms with E-state index < -0.39 is 6.10 Å². The van der Waals surface area contributed by atoms with Gasteiger partial charge >= 0.3 is 0 Å². The summed E-state index contributed by atoms with van der Waals surface area (Å²) in [6.45, 7) is 5.24. The molecule has 3 rings (SSSR count). The quantitative estimate of drug-likeness (QED) is 0.849. The molecule has 0 radical (unpaired) electrons. The van der Waals surface area contributed by atoms with E-state index in [-0.39, 0.29) is 11.8 Å². The van der Waals surface area contributed by atoms with E-state index in [0.29, 0.717) is 24.5 Å². The Hall–Kier alpha value is -2.40. The highest BCUT2D eigenvalue weighted by molar-refractivity contribution is 6.07. The summed E-state index contributed by atoms with van der Waals surface area (Å²) in [4.78, 5) is 18.9. The SMILES string of the molecule is CCC(C)C(O)CNc1ccc(C(=O)N2CCc3ccccc32)cn1. The van der Waals surface area contributed by atoms with Crippen molar-refractivity contribution in [2.75, 3.05) is 23.3 Å². The second-order valence-corrected chi connectivity index (χ2v) is 6.60. The molecule has 0 bridgehead atoms. The second-order valence-electron chi connectivity index (χ2n) is 6.60. The zero-order valence-electron chi connectivity index (χ0n) is 14.8. The third-order valence-corrected chi connectivity index (χ3v) is 4.94. The van der Waals surface area contributed by atoms with Crippen molar-refractivity contribution in [3.8, 4) is 0 Å². The van der Waals surface area contributed by atoms with E-state index in [9.17, 15) is 9.90 Å². The van der Waals surface area contributed by atoms with Gasteiger partial charge in [0.15, 0.2) is 0 Å². The molecule has 5 heteroatoms. The summed E-state index contributed by atoms with van der Waals surface area (Å²) < 4.78 is 0. The Labute approximate surface area is 148 Å². The van der Waals surface area contributed by atoms with E-state index >= 15 is 0 Å². The fraction of sp³-hybridized carbons (Fsp3) is 0.400. The number of nitrogens with one attached hydrogen (secondary N) is 1. The summed E-state index contributed by atoms with van der Waals surface area (Å²) in [5.74, 6) is 0.882. The van der Waals surface area contributed by atoms with Crippen LogP contribution in [0.5, 0.6) is 0 Å². The smallest absolute Gasteiger partial charge is 0.259 e. The predicted octanol–water partition coefficient (Wildman–Crippen LogP) is 3.10. The van der Waals surface area contributed by atoms with Gasteiger partial charge in [-0.1, -0.05) is 38.5 Å². The molecule has 25 heavy (non-hydrogen) atoms. The number of amides is 1. The number of pyridine rings is 1. The molecule has 5 nitrogen and oxygen atoms in total. The van der Waals surface area contributed by atoms with Crippen LogP contribution in [-0.4, -0.2) is 35.2 Å². The molecule has 2 N–H and O–H groups in total. The largest absolute Gasteiger partial charge is 0.391 e. The number of carbonyl (C=O) groups is 1. The molecule has 0 saturated carbocycles. The van der Waals surface area contributed by atoms with Crippen molar-refractivity contribution in [3.63, 3.8) is 0 Å². The van der Waals surface area contributed by atoms with Crippen LogP contribution in [0.15, 0.2) is 42.6 Å². The predicted molar refractivity (Wildman–Crippen MR) is 100 cm³/mol. The standard InChI is InChI=1S/C20H25N3O2/c1-3-14(2)18(24)13-22-19-9-8-16(12-21-19)20(25)23-11-10-15-6-4-5-7-17(15)23/h4-9,12,14,18,24H,3,10-11,13H2,1-2H3,(H,21,22). The van der Waals surface area contributed by atoms with Crippen molar-refractivity contribution in [3.05, 3.63) is 53.7 Å². The number of aliphatic hydroxyl groups excluding tert-OH is 1. The van der Waals surface area contributed by atoms with Crippen molar-refractivity contribution in [1.82, 2.24) is 4.98 Å². The highest BCUT2D eigenvalue weighted by Crippen LogP contribution is 2.28. The lowest BCUT2D eigenvalue weighted by Gasteiger charge is -2.19. The molecule has 0 fully saturated rings. The number of nitrogens with zero attached hydrogens (tertiary/aromatic N) is 2. The first-order valence-corrected chi connectivity index (χ1v) is 8.88. The van der Waals surface area contributed by atoms with Gasteiger partial charge in [-0.25, -0.2) is 4.98 Å². The number of aromatic nitrogens is 1. The van der Waals surface area contributed by atoms with E-state index in [1.807, 2.05) is 30.0 Å². The summed E-state index contributed by atoms with van der Waals surface area (Å²) >= 11 is 0. The molecule has 1 aromatic heterocycles. The normalized spacial score (nSPS) is 15.6. The Bertz CT molecular complexity index is 730. The third-order valence-electron chi connectivity index (χ3n) is 4.94. The van der Waals surface area contributed by atoms with Gasteiger partial charge in [-0.15, -0.1) is 0 Å². The van der Waals surface area contributed by atoms with Gasteiger partial charge in [-0.3, -0.25) is 4.79 Å². The molecule has 1 aliphatic rings. The number of carbonyl (C=O) groups excluding carboxylic acids is 1. The number of hydrogen-bond donors (Lipinski definition) is 2. The van der Waals surface area contributed by atoms with Crippen molar-refractivity contribution < 1.29 is 9.90 Å². The van der Waals surface area contributed by atoms with Crippen molar-refractivity contribution >= 4 is 17.4 Å². The van der Waals surface area contributed by atoms with Gasteiger partial charge in [0, 0.05) is 25.0 Å².